The van der Waals surface area contributed by atoms with E-state index >= 15 is 0 Å². The zero-order valence-electron chi connectivity index (χ0n) is 10.4. The highest BCUT2D eigenvalue weighted by atomic mass is 16.2. The molecule has 0 saturated carbocycles. The summed E-state index contributed by atoms with van der Waals surface area (Å²) in [5.74, 6) is -0.314. The van der Waals surface area contributed by atoms with Crippen LogP contribution >= 0.6 is 0 Å². The van der Waals surface area contributed by atoms with Crippen LogP contribution in [0, 0.1) is 6.92 Å². The molecule has 0 radical (unpaired) electrons. The quantitative estimate of drug-likeness (QED) is 0.859. The Morgan fingerprint density at radius 1 is 1.33 bits per heavy atom. The monoisotopic (exact) mass is 245 g/mol. The maximum Gasteiger partial charge on any atom is 0.271 e. The lowest BCUT2D eigenvalue weighted by molar-refractivity contribution is -0.130. The second-order valence-corrected chi connectivity index (χ2v) is 4.23. The molecule has 0 saturated heterocycles. The molecule has 18 heavy (non-hydrogen) atoms. The summed E-state index contributed by atoms with van der Waals surface area (Å²) in [6.45, 7) is 1.92. The molecule has 94 valence electrons. The van der Waals surface area contributed by atoms with Crippen LogP contribution in [0.4, 0.5) is 5.69 Å². The smallest absolute Gasteiger partial charge is 0.271 e. The van der Waals surface area contributed by atoms with E-state index in [1.165, 1.54) is 5.01 Å². The number of nitrogens with zero attached hydrogens (tertiary/aromatic N) is 2. The number of hydrogen-bond donors (Lipinski definition) is 1. The summed E-state index contributed by atoms with van der Waals surface area (Å²) < 4.78 is 0. The second kappa shape index (κ2) is 5.00. The van der Waals surface area contributed by atoms with Crippen LogP contribution in [0.1, 0.15) is 18.4 Å². The number of nitrogens with one attached hydrogen (secondary N) is 1. The zero-order chi connectivity index (χ0) is 13.1. The average molecular weight is 245 g/mol. The van der Waals surface area contributed by atoms with E-state index in [2.05, 4.69) is 10.4 Å². The van der Waals surface area contributed by atoms with Crippen LogP contribution in [0.25, 0.3) is 0 Å². The predicted molar refractivity (Wildman–Crippen MR) is 69.2 cm³/mol. The Morgan fingerprint density at radius 2 is 2.06 bits per heavy atom. The van der Waals surface area contributed by atoms with Crippen molar-refractivity contribution in [3.05, 3.63) is 29.8 Å². The molecule has 0 spiro atoms. The number of carbonyl (C=O) groups excluding carboxylic acids is 2. The van der Waals surface area contributed by atoms with E-state index < -0.39 is 0 Å². The van der Waals surface area contributed by atoms with Gasteiger partial charge in [-0.1, -0.05) is 18.2 Å². The molecule has 1 N–H and O–H groups in total. The van der Waals surface area contributed by atoms with E-state index in [0.717, 1.165) is 11.3 Å². The van der Waals surface area contributed by atoms with Crippen LogP contribution in [0.2, 0.25) is 0 Å². The Labute approximate surface area is 105 Å². The van der Waals surface area contributed by atoms with Crippen LogP contribution in [0.5, 0.6) is 0 Å². The van der Waals surface area contributed by atoms with Crippen molar-refractivity contribution in [2.45, 2.75) is 19.8 Å². The summed E-state index contributed by atoms with van der Waals surface area (Å²) in [7, 11) is 1.56. The molecular formula is C13H15N3O2. The van der Waals surface area contributed by atoms with Crippen molar-refractivity contribution >= 4 is 23.2 Å². The molecule has 1 aromatic rings. The van der Waals surface area contributed by atoms with Crippen LogP contribution in [0.15, 0.2) is 29.4 Å². The van der Waals surface area contributed by atoms with Crippen LogP contribution in [0.3, 0.4) is 0 Å². The summed E-state index contributed by atoms with van der Waals surface area (Å²) in [6.07, 6.45) is 0.720. The molecule has 0 atom stereocenters. The van der Waals surface area contributed by atoms with Gasteiger partial charge in [0.15, 0.2) is 0 Å². The van der Waals surface area contributed by atoms with Crippen molar-refractivity contribution in [2.24, 2.45) is 5.10 Å². The van der Waals surface area contributed by atoms with E-state index in [9.17, 15) is 9.59 Å². The predicted octanol–water partition coefficient (Wildman–Crippen LogP) is 1.54. The van der Waals surface area contributed by atoms with Crippen molar-refractivity contribution in [1.29, 1.82) is 0 Å². The number of carbonyl (C=O) groups is 2. The van der Waals surface area contributed by atoms with Gasteiger partial charge in [0.05, 0.1) is 0 Å². The molecule has 5 heteroatoms. The van der Waals surface area contributed by atoms with E-state index in [4.69, 9.17) is 0 Å². The summed E-state index contributed by atoms with van der Waals surface area (Å²) >= 11 is 0. The highest BCUT2D eigenvalue weighted by molar-refractivity contribution is 6.43. The molecule has 0 unspecified atom stereocenters. The largest absolute Gasteiger partial charge is 0.321 e. The molecule has 0 bridgehead atoms. The first-order valence-corrected chi connectivity index (χ1v) is 5.79. The Balaban J connectivity index is 2.12. The highest BCUT2D eigenvalue weighted by Crippen LogP contribution is 2.14. The molecule has 2 rings (SSSR count). The number of hydrogen-bond acceptors (Lipinski definition) is 3. The number of aryl methyl sites for hydroxylation is 1. The SMILES string of the molecule is Cc1ccccc1NC(=O)C1=NN(C)C(=O)CC1. The van der Waals surface area contributed by atoms with E-state index in [1.807, 2.05) is 31.2 Å². The molecule has 2 amide bonds. The van der Waals surface area contributed by atoms with Crippen molar-refractivity contribution < 1.29 is 9.59 Å². The van der Waals surface area contributed by atoms with Crippen LogP contribution < -0.4 is 5.32 Å². The fraction of sp³-hybridized carbons (Fsp3) is 0.308. The van der Waals surface area contributed by atoms with Gasteiger partial charge >= 0.3 is 0 Å². The third-order valence-corrected chi connectivity index (χ3v) is 2.86. The first-order valence-electron chi connectivity index (χ1n) is 5.79. The zero-order valence-corrected chi connectivity index (χ0v) is 10.4. The Kier molecular flexibility index (Phi) is 3.41. The van der Waals surface area contributed by atoms with Gasteiger partial charge in [-0.15, -0.1) is 0 Å². The number of benzene rings is 1. The maximum atomic E-state index is 12.0. The van der Waals surface area contributed by atoms with Gasteiger partial charge in [0.1, 0.15) is 5.71 Å². The lowest BCUT2D eigenvalue weighted by Gasteiger charge is -2.19. The summed E-state index contributed by atoms with van der Waals surface area (Å²) in [4.78, 5) is 23.3. The van der Waals surface area contributed by atoms with Crippen LogP contribution in [-0.4, -0.2) is 29.6 Å². The molecule has 5 nitrogen and oxygen atoms in total. The summed E-state index contributed by atoms with van der Waals surface area (Å²) in [5, 5.41) is 8.00. The standard InChI is InChI=1S/C13H15N3O2/c1-9-5-3-4-6-10(9)14-13(18)11-7-8-12(17)16(2)15-11/h3-6H,7-8H2,1-2H3,(H,14,18). The number of anilines is 1. The summed E-state index contributed by atoms with van der Waals surface area (Å²) in [5.41, 5.74) is 2.15. The lowest BCUT2D eigenvalue weighted by Crippen LogP contribution is -2.34. The van der Waals surface area contributed by atoms with E-state index in [0.29, 0.717) is 18.6 Å². The average Bonchev–Trinajstić information content (AvgIpc) is 2.35. The molecule has 1 aliphatic heterocycles. The maximum absolute atomic E-state index is 12.0. The Hall–Kier alpha value is -2.17. The van der Waals surface area contributed by atoms with Gasteiger partial charge in [0.2, 0.25) is 5.91 Å². The molecule has 1 aromatic carbocycles. The van der Waals surface area contributed by atoms with Gasteiger partial charge in [-0.05, 0) is 18.6 Å². The third kappa shape index (κ3) is 2.56. The minimum absolute atomic E-state index is 0.0672. The van der Waals surface area contributed by atoms with Gasteiger partial charge in [-0.25, -0.2) is 5.01 Å². The fourth-order valence-corrected chi connectivity index (χ4v) is 1.74. The molecule has 0 aromatic heterocycles. The van der Waals surface area contributed by atoms with Crippen molar-refractivity contribution in [3.63, 3.8) is 0 Å². The normalized spacial score (nSPS) is 15.3. The number of rotatable bonds is 2. The first-order chi connectivity index (χ1) is 8.58. The molecule has 1 aliphatic rings. The van der Waals surface area contributed by atoms with Gasteiger partial charge in [0, 0.05) is 25.6 Å². The fourth-order valence-electron chi connectivity index (χ4n) is 1.74. The van der Waals surface area contributed by atoms with Crippen molar-refractivity contribution in [2.75, 3.05) is 12.4 Å². The van der Waals surface area contributed by atoms with E-state index in [-0.39, 0.29) is 11.8 Å². The number of amides is 2. The lowest BCUT2D eigenvalue weighted by atomic mass is 10.1. The van der Waals surface area contributed by atoms with Gasteiger partial charge in [-0.3, -0.25) is 9.59 Å². The van der Waals surface area contributed by atoms with Gasteiger partial charge < -0.3 is 5.32 Å². The highest BCUT2D eigenvalue weighted by Gasteiger charge is 2.22. The topological polar surface area (TPSA) is 61.8 Å². The Bertz CT molecular complexity index is 523. The Morgan fingerprint density at radius 3 is 2.72 bits per heavy atom. The second-order valence-electron chi connectivity index (χ2n) is 4.23. The van der Waals surface area contributed by atoms with Gasteiger partial charge in [0.25, 0.3) is 5.91 Å². The molecule has 0 fully saturated rings. The third-order valence-electron chi connectivity index (χ3n) is 2.86. The molecule has 1 heterocycles. The summed E-state index contributed by atoms with van der Waals surface area (Å²) in [6, 6.07) is 7.54. The van der Waals surface area contributed by atoms with E-state index in [1.54, 1.807) is 7.05 Å². The number of hydrazone groups is 1. The van der Waals surface area contributed by atoms with Crippen molar-refractivity contribution in [1.82, 2.24) is 5.01 Å². The van der Waals surface area contributed by atoms with Gasteiger partial charge in [-0.2, -0.15) is 5.10 Å². The molecule has 0 aliphatic carbocycles. The number of para-hydroxylation sites is 1. The minimum atomic E-state index is -0.247. The van der Waals surface area contributed by atoms with Crippen molar-refractivity contribution in [3.8, 4) is 0 Å². The molecular weight excluding hydrogens is 230 g/mol. The minimum Gasteiger partial charge on any atom is -0.321 e. The first kappa shape index (κ1) is 12.3. The van der Waals surface area contributed by atoms with Crippen LogP contribution in [-0.2, 0) is 9.59 Å².